The van der Waals surface area contributed by atoms with Crippen molar-refractivity contribution in [2.24, 2.45) is 0 Å². The minimum atomic E-state index is -2.62. The lowest BCUT2D eigenvalue weighted by atomic mass is 10.1. The zero-order valence-electron chi connectivity index (χ0n) is 22.9. The van der Waals surface area contributed by atoms with Gasteiger partial charge in [0.25, 0.3) is 0 Å². The van der Waals surface area contributed by atoms with E-state index in [0.717, 1.165) is 38.5 Å². The molecule has 2 amide bonds. The highest BCUT2D eigenvalue weighted by molar-refractivity contribution is 6.60. The van der Waals surface area contributed by atoms with Crippen molar-refractivity contribution in [3.8, 4) is 0 Å². The molecule has 0 aromatic rings. The summed E-state index contributed by atoms with van der Waals surface area (Å²) in [6.07, 6.45) is 5.55. The molecule has 0 atom stereocenters. The Morgan fingerprint density at radius 2 is 1.11 bits per heavy atom. The monoisotopic (exact) mass is 550 g/mol. The van der Waals surface area contributed by atoms with Crippen LogP contribution in [0.4, 0.5) is 9.59 Å². The molecule has 0 saturated heterocycles. The minimum Gasteiger partial charge on any atom is -0.460 e. The van der Waals surface area contributed by atoms with E-state index in [1.54, 1.807) is 28.3 Å². The number of ether oxygens (including phenoxy) is 4. The van der Waals surface area contributed by atoms with Crippen molar-refractivity contribution in [2.45, 2.75) is 57.9 Å². The van der Waals surface area contributed by atoms with E-state index in [1.807, 2.05) is 0 Å². The summed E-state index contributed by atoms with van der Waals surface area (Å²) in [5.41, 5.74) is 0.335. The summed E-state index contributed by atoms with van der Waals surface area (Å²) in [4.78, 5) is 34.5. The van der Waals surface area contributed by atoms with Crippen LogP contribution < -0.4 is 10.6 Å². The first-order valence-corrected chi connectivity index (χ1v) is 14.6. The number of unbranched alkanes of at least 4 members (excludes halogenated alkanes) is 5. The van der Waals surface area contributed by atoms with Crippen molar-refractivity contribution in [3.63, 3.8) is 0 Å². The van der Waals surface area contributed by atoms with Gasteiger partial charge in [0.15, 0.2) is 0 Å². The van der Waals surface area contributed by atoms with Crippen LogP contribution >= 0.6 is 0 Å². The van der Waals surface area contributed by atoms with E-state index in [9.17, 15) is 14.4 Å². The first-order chi connectivity index (χ1) is 17.8. The summed E-state index contributed by atoms with van der Waals surface area (Å²) in [7, 11) is 2.04. The largest absolute Gasteiger partial charge is 0.500 e. The molecule has 0 unspecified atom stereocenters. The molecule has 0 radical (unpaired) electrons. The zero-order valence-corrected chi connectivity index (χ0v) is 23.9. The predicted octanol–water partition coefficient (Wildman–Crippen LogP) is 3.18. The number of alkyl carbamates (subject to hydrolysis) is 2. The number of hydrogen-bond donors (Lipinski definition) is 2. The molecular weight excluding hydrogens is 504 g/mol. The molecule has 216 valence electrons. The van der Waals surface area contributed by atoms with Gasteiger partial charge in [0, 0.05) is 46.0 Å². The Balaban J connectivity index is 3.44. The van der Waals surface area contributed by atoms with Gasteiger partial charge in [-0.3, -0.25) is 0 Å². The second kappa shape index (κ2) is 23.0. The summed E-state index contributed by atoms with van der Waals surface area (Å²) < 4.78 is 36.2. The Morgan fingerprint density at radius 3 is 1.59 bits per heavy atom. The third-order valence-corrected chi connectivity index (χ3v) is 8.04. The number of carbonyl (C=O) groups excluding carboxylic acids is 3. The van der Waals surface area contributed by atoms with Crippen LogP contribution in [-0.4, -0.2) is 94.4 Å². The first kappa shape index (κ1) is 34.8. The van der Waals surface area contributed by atoms with E-state index in [1.165, 1.54) is 0 Å². The van der Waals surface area contributed by atoms with E-state index in [0.29, 0.717) is 31.1 Å². The molecule has 0 aromatic carbocycles. The van der Waals surface area contributed by atoms with E-state index < -0.39 is 27.0 Å². The van der Waals surface area contributed by atoms with E-state index in [2.05, 4.69) is 17.2 Å². The molecule has 0 fully saturated rings. The molecular formula is C24H46N2O10Si. The van der Waals surface area contributed by atoms with Gasteiger partial charge in [-0.25, -0.2) is 14.4 Å². The summed E-state index contributed by atoms with van der Waals surface area (Å²) in [6.45, 7) is 7.16. The van der Waals surface area contributed by atoms with Gasteiger partial charge in [0.05, 0.1) is 19.8 Å². The van der Waals surface area contributed by atoms with Gasteiger partial charge in [-0.1, -0.05) is 32.3 Å². The average molecular weight is 551 g/mol. The molecule has 0 saturated carbocycles. The molecule has 12 nitrogen and oxygen atoms in total. The number of hydrogen-bond acceptors (Lipinski definition) is 10. The average Bonchev–Trinajstić information content (AvgIpc) is 2.89. The van der Waals surface area contributed by atoms with Crippen molar-refractivity contribution in [2.75, 3.05) is 67.5 Å². The highest BCUT2D eigenvalue weighted by Crippen LogP contribution is 2.14. The molecule has 0 aromatic heterocycles. The number of amides is 2. The lowest BCUT2D eigenvalue weighted by Crippen LogP contribution is -2.42. The fraction of sp³-hybridized carbons (Fsp3) is 0.792. The van der Waals surface area contributed by atoms with E-state index in [-0.39, 0.29) is 33.0 Å². The summed E-state index contributed by atoms with van der Waals surface area (Å²) in [5.74, 6) is -0.456. The molecule has 13 heteroatoms. The summed E-state index contributed by atoms with van der Waals surface area (Å²) in [5, 5.41) is 5.45. The minimum absolute atomic E-state index is 0.125. The molecule has 0 bridgehead atoms. The lowest BCUT2D eigenvalue weighted by molar-refractivity contribution is -0.140. The van der Waals surface area contributed by atoms with Crippen LogP contribution in [0, 0.1) is 0 Å². The van der Waals surface area contributed by atoms with Crippen LogP contribution in [0.5, 0.6) is 0 Å². The Morgan fingerprint density at radius 1 is 0.649 bits per heavy atom. The van der Waals surface area contributed by atoms with Gasteiger partial charge in [-0.05, 0) is 26.2 Å². The molecule has 2 N–H and O–H groups in total. The SMILES string of the molecule is C=C(C)C(=O)OCCOCCOC(=O)NCCCCCCCCNC(=O)OCCC[Si](OC)(OC)OC. The summed E-state index contributed by atoms with van der Waals surface area (Å²) >= 11 is 0. The number of esters is 1. The molecule has 37 heavy (non-hydrogen) atoms. The topological polar surface area (TPSA) is 140 Å². The summed E-state index contributed by atoms with van der Waals surface area (Å²) in [6, 6.07) is 0.577. The molecule has 0 aliphatic carbocycles. The van der Waals surface area contributed by atoms with E-state index >= 15 is 0 Å². The number of rotatable bonds is 23. The highest BCUT2D eigenvalue weighted by Gasteiger charge is 2.37. The van der Waals surface area contributed by atoms with Gasteiger partial charge >= 0.3 is 27.0 Å². The quantitative estimate of drug-likeness (QED) is 0.0641. The van der Waals surface area contributed by atoms with Crippen LogP contribution in [0.1, 0.15) is 51.9 Å². The maximum Gasteiger partial charge on any atom is 0.500 e. The normalized spacial score (nSPS) is 11.0. The smallest absolute Gasteiger partial charge is 0.460 e. The van der Waals surface area contributed by atoms with E-state index in [4.69, 9.17) is 32.2 Å². The fourth-order valence-corrected chi connectivity index (χ4v) is 4.75. The van der Waals surface area contributed by atoms with Gasteiger partial charge in [-0.15, -0.1) is 0 Å². The molecule has 0 aliphatic rings. The van der Waals surface area contributed by atoms with Gasteiger partial charge in [0.1, 0.15) is 13.2 Å². The molecule has 0 heterocycles. The maximum atomic E-state index is 11.7. The van der Waals surface area contributed by atoms with Crippen molar-refractivity contribution < 1.29 is 46.6 Å². The number of nitrogens with one attached hydrogen (secondary N) is 2. The van der Waals surface area contributed by atoms with Crippen molar-refractivity contribution in [3.05, 3.63) is 12.2 Å². The standard InChI is InChI=1S/C24H46N2O10Si/c1-21(2)22(27)34-18-16-33-17-19-36-24(29)26-14-11-9-7-6-8-10-13-25-23(28)35-15-12-20-37(30-3,31-4)32-5/h1,6-20H2,2-5H3,(H,25,28)(H,26,29). The Bertz CT molecular complexity index is 639. The van der Waals surface area contributed by atoms with Gasteiger partial charge in [-0.2, -0.15) is 0 Å². The molecule has 0 rings (SSSR count). The van der Waals surface area contributed by atoms with Crippen LogP contribution in [0.25, 0.3) is 0 Å². The van der Waals surface area contributed by atoms with Crippen molar-refractivity contribution >= 4 is 27.0 Å². The first-order valence-electron chi connectivity index (χ1n) is 12.7. The van der Waals surface area contributed by atoms with Crippen LogP contribution in [0.2, 0.25) is 6.04 Å². The highest BCUT2D eigenvalue weighted by atomic mass is 28.4. The Labute approximate surface area is 222 Å². The Kier molecular flexibility index (Phi) is 21.6. The molecule has 0 spiro atoms. The van der Waals surface area contributed by atoms with Crippen molar-refractivity contribution in [1.29, 1.82) is 0 Å². The maximum absolute atomic E-state index is 11.7. The predicted molar refractivity (Wildman–Crippen MR) is 139 cm³/mol. The third-order valence-electron chi connectivity index (χ3n) is 5.21. The fourth-order valence-electron chi connectivity index (χ4n) is 3.06. The van der Waals surface area contributed by atoms with Crippen molar-refractivity contribution in [1.82, 2.24) is 10.6 Å². The number of carbonyl (C=O) groups is 3. The lowest BCUT2D eigenvalue weighted by Gasteiger charge is -2.24. The Hall–Kier alpha value is -2.19. The van der Waals surface area contributed by atoms with Crippen LogP contribution in [0.15, 0.2) is 12.2 Å². The van der Waals surface area contributed by atoms with Crippen LogP contribution in [-0.2, 0) is 37.0 Å². The second-order valence-corrected chi connectivity index (χ2v) is 11.3. The zero-order chi connectivity index (χ0) is 27.8. The van der Waals surface area contributed by atoms with Crippen LogP contribution in [0.3, 0.4) is 0 Å². The molecule has 0 aliphatic heterocycles. The van der Waals surface area contributed by atoms with Gasteiger partial charge < -0.3 is 42.9 Å². The third kappa shape index (κ3) is 19.6. The second-order valence-electron chi connectivity index (χ2n) is 8.17. The van der Waals surface area contributed by atoms with Gasteiger partial charge in [0.2, 0.25) is 0 Å².